The topological polar surface area (TPSA) is 63.8 Å². The molecule has 1 N–H and O–H groups in total. The van der Waals surface area contributed by atoms with E-state index in [-0.39, 0.29) is 0 Å². The van der Waals surface area contributed by atoms with Crippen LogP contribution >= 0.6 is 11.8 Å². The van der Waals surface area contributed by atoms with Crippen molar-refractivity contribution >= 4 is 28.7 Å². The normalized spacial score (nSPS) is 11.1. The molecule has 6 heteroatoms. The highest BCUT2D eigenvalue weighted by atomic mass is 32.2. The molecule has 0 fully saturated rings. The Kier molecular flexibility index (Phi) is 5.69. The summed E-state index contributed by atoms with van der Waals surface area (Å²) in [6.07, 6.45) is 3.88. The number of hydrogen-bond acceptors (Lipinski definition) is 6. The molecule has 2 aromatic heterocycles. The van der Waals surface area contributed by atoms with Crippen LogP contribution in [0.2, 0.25) is 0 Å². The van der Waals surface area contributed by atoms with E-state index in [4.69, 9.17) is 4.52 Å². The van der Waals surface area contributed by atoms with Gasteiger partial charge in [-0.1, -0.05) is 41.9 Å². The van der Waals surface area contributed by atoms with E-state index >= 15 is 0 Å². The number of aryl methyl sites for hydroxylation is 1. The minimum atomic E-state index is 0.620. The Hall–Kier alpha value is -2.08. The Morgan fingerprint density at radius 3 is 2.75 bits per heavy atom. The van der Waals surface area contributed by atoms with Gasteiger partial charge in [0.05, 0.1) is 0 Å². The molecule has 0 amide bonds. The van der Waals surface area contributed by atoms with Crippen LogP contribution in [-0.2, 0) is 0 Å². The van der Waals surface area contributed by atoms with Crippen molar-refractivity contribution in [3.05, 3.63) is 36.2 Å². The second-order valence-corrected chi connectivity index (χ2v) is 6.91. The smallest absolute Gasteiger partial charge is 0.228 e. The lowest BCUT2D eigenvalue weighted by atomic mass is 10.1. The molecule has 0 spiro atoms. The first-order valence-electron chi connectivity index (χ1n) is 8.28. The molecule has 0 saturated carbocycles. The van der Waals surface area contributed by atoms with Crippen LogP contribution in [0.3, 0.4) is 0 Å². The Morgan fingerprint density at radius 2 is 1.96 bits per heavy atom. The van der Waals surface area contributed by atoms with Crippen molar-refractivity contribution in [2.75, 3.05) is 23.4 Å². The lowest BCUT2D eigenvalue weighted by Crippen LogP contribution is -2.05. The van der Waals surface area contributed by atoms with Crippen LogP contribution in [0.4, 0.5) is 5.82 Å². The largest absolute Gasteiger partial charge is 0.367 e. The summed E-state index contributed by atoms with van der Waals surface area (Å²) in [5.74, 6) is 3.09. The quantitative estimate of drug-likeness (QED) is 0.606. The van der Waals surface area contributed by atoms with Crippen molar-refractivity contribution in [2.24, 2.45) is 0 Å². The number of rotatable bonds is 8. The molecule has 0 aliphatic rings. The molecule has 126 valence electrons. The zero-order valence-electron chi connectivity index (χ0n) is 14.1. The zero-order valence-corrected chi connectivity index (χ0v) is 14.9. The van der Waals surface area contributed by atoms with E-state index in [1.807, 2.05) is 23.9 Å². The molecule has 3 rings (SSSR count). The number of fused-ring (bicyclic) bond motifs is 1. The summed E-state index contributed by atoms with van der Waals surface area (Å²) in [4.78, 5) is 8.66. The van der Waals surface area contributed by atoms with Gasteiger partial charge in [0.2, 0.25) is 5.58 Å². The summed E-state index contributed by atoms with van der Waals surface area (Å²) in [7, 11) is 0. The van der Waals surface area contributed by atoms with E-state index in [1.165, 1.54) is 17.7 Å². The van der Waals surface area contributed by atoms with Crippen molar-refractivity contribution in [1.82, 2.24) is 15.1 Å². The van der Waals surface area contributed by atoms with Gasteiger partial charge in [-0.3, -0.25) is 0 Å². The monoisotopic (exact) mass is 342 g/mol. The molecule has 2 heterocycles. The van der Waals surface area contributed by atoms with E-state index in [1.54, 1.807) is 6.33 Å². The third-order valence-electron chi connectivity index (χ3n) is 3.69. The lowest BCUT2D eigenvalue weighted by molar-refractivity contribution is 0.459. The van der Waals surface area contributed by atoms with Crippen LogP contribution in [0.25, 0.3) is 22.4 Å². The molecule has 3 aromatic rings. The van der Waals surface area contributed by atoms with Gasteiger partial charge in [-0.15, -0.1) is 0 Å². The molecule has 0 atom stereocenters. The first-order valence-corrected chi connectivity index (χ1v) is 9.44. The zero-order chi connectivity index (χ0) is 16.8. The Morgan fingerprint density at radius 1 is 1.12 bits per heavy atom. The van der Waals surface area contributed by atoms with Gasteiger partial charge in [0.1, 0.15) is 17.5 Å². The molecular formula is C18H22N4OS. The van der Waals surface area contributed by atoms with Gasteiger partial charge in [-0.25, -0.2) is 9.97 Å². The fourth-order valence-corrected chi connectivity index (χ4v) is 3.26. The van der Waals surface area contributed by atoms with Gasteiger partial charge >= 0.3 is 0 Å². The van der Waals surface area contributed by atoms with Crippen LogP contribution in [-0.4, -0.2) is 33.2 Å². The number of hydrogen-bond donors (Lipinski definition) is 1. The minimum absolute atomic E-state index is 0.620. The third kappa shape index (κ3) is 3.87. The Labute approximate surface area is 146 Å². The average molecular weight is 342 g/mol. The molecule has 0 saturated heterocycles. The number of aromatic nitrogens is 3. The van der Waals surface area contributed by atoms with E-state index < -0.39 is 0 Å². The third-order valence-corrected chi connectivity index (χ3v) is 4.96. The van der Waals surface area contributed by atoms with Crippen LogP contribution in [0, 0.1) is 6.92 Å². The van der Waals surface area contributed by atoms with Gasteiger partial charge in [-0.05, 0) is 31.3 Å². The summed E-state index contributed by atoms with van der Waals surface area (Å²) >= 11 is 1.99. The second kappa shape index (κ2) is 8.15. The molecule has 5 nitrogen and oxygen atoms in total. The summed E-state index contributed by atoms with van der Waals surface area (Å²) in [6, 6.07) is 8.19. The molecule has 0 aliphatic carbocycles. The summed E-state index contributed by atoms with van der Waals surface area (Å²) < 4.78 is 5.52. The van der Waals surface area contributed by atoms with Crippen molar-refractivity contribution in [3.8, 4) is 11.3 Å². The maximum absolute atomic E-state index is 5.52. The van der Waals surface area contributed by atoms with Crippen molar-refractivity contribution in [1.29, 1.82) is 0 Å². The van der Waals surface area contributed by atoms with Gasteiger partial charge < -0.3 is 9.84 Å². The second-order valence-electron chi connectivity index (χ2n) is 5.69. The van der Waals surface area contributed by atoms with Crippen LogP contribution in [0.1, 0.15) is 25.3 Å². The van der Waals surface area contributed by atoms with Gasteiger partial charge in [0.15, 0.2) is 5.82 Å². The highest BCUT2D eigenvalue weighted by Gasteiger charge is 2.15. The molecule has 0 radical (unpaired) electrons. The predicted molar refractivity (Wildman–Crippen MR) is 100 cm³/mol. The molecule has 24 heavy (non-hydrogen) atoms. The minimum Gasteiger partial charge on any atom is -0.367 e. The predicted octanol–water partition coefficient (Wildman–Crippen LogP) is 4.54. The van der Waals surface area contributed by atoms with E-state index in [0.29, 0.717) is 11.4 Å². The van der Waals surface area contributed by atoms with Crippen molar-refractivity contribution in [2.45, 2.75) is 26.7 Å². The number of benzene rings is 1. The molecule has 1 aromatic carbocycles. The molecule has 0 unspecified atom stereocenters. The molecule has 0 aliphatic heterocycles. The number of nitrogens with zero attached hydrogens (tertiary/aromatic N) is 3. The maximum atomic E-state index is 5.52. The Bertz CT molecular complexity index is 785. The van der Waals surface area contributed by atoms with Crippen LogP contribution in [0.15, 0.2) is 35.1 Å². The van der Waals surface area contributed by atoms with Crippen LogP contribution in [0.5, 0.6) is 0 Å². The van der Waals surface area contributed by atoms with E-state index in [0.717, 1.165) is 35.5 Å². The molecule has 0 bridgehead atoms. The number of nitrogens with one attached hydrogen (secondary N) is 1. The fourth-order valence-electron chi connectivity index (χ4n) is 2.42. The highest BCUT2D eigenvalue weighted by molar-refractivity contribution is 7.99. The number of thioether (sulfide) groups is 1. The van der Waals surface area contributed by atoms with Crippen LogP contribution < -0.4 is 5.32 Å². The number of anilines is 1. The summed E-state index contributed by atoms with van der Waals surface area (Å²) in [6.45, 7) is 5.13. The summed E-state index contributed by atoms with van der Waals surface area (Å²) in [5, 5.41) is 7.54. The van der Waals surface area contributed by atoms with Crippen molar-refractivity contribution < 1.29 is 4.52 Å². The van der Waals surface area contributed by atoms with E-state index in [2.05, 4.69) is 46.4 Å². The fraction of sp³-hybridized carbons (Fsp3) is 0.389. The Balaban J connectivity index is 1.73. The SMILES string of the molecule is CCCSCCCNc1ncnc2c(-c3ccc(C)cc3)noc12. The summed E-state index contributed by atoms with van der Waals surface area (Å²) in [5.41, 5.74) is 4.34. The van der Waals surface area contributed by atoms with Gasteiger partial charge in [0.25, 0.3) is 0 Å². The first kappa shape index (κ1) is 16.8. The lowest BCUT2D eigenvalue weighted by Gasteiger charge is -2.05. The van der Waals surface area contributed by atoms with E-state index in [9.17, 15) is 0 Å². The first-order chi connectivity index (χ1) is 11.8. The van der Waals surface area contributed by atoms with Gasteiger partial charge in [0, 0.05) is 12.1 Å². The standard InChI is InChI=1S/C18H22N4OS/c1-3-10-24-11-4-9-19-18-17-16(20-12-21-18)15(22-23-17)14-7-5-13(2)6-8-14/h5-8,12H,3-4,9-11H2,1-2H3,(H,19,20,21). The molecular weight excluding hydrogens is 320 g/mol. The maximum Gasteiger partial charge on any atom is 0.228 e. The van der Waals surface area contributed by atoms with Gasteiger partial charge in [-0.2, -0.15) is 11.8 Å². The van der Waals surface area contributed by atoms with Crippen molar-refractivity contribution in [3.63, 3.8) is 0 Å². The highest BCUT2D eigenvalue weighted by Crippen LogP contribution is 2.29. The average Bonchev–Trinajstić information content (AvgIpc) is 3.03.